The Labute approximate surface area is 209 Å². The Morgan fingerprint density at radius 2 is 1.34 bits per heavy atom. The first-order valence-corrected chi connectivity index (χ1v) is 12.9. The van der Waals surface area contributed by atoms with Crippen LogP contribution in [0.1, 0.15) is 81.1 Å². The van der Waals surface area contributed by atoms with Crippen molar-refractivity contribution in [3.8, 4) is 22.6 Å². The van der Waals surface area contributed by atoms with Gasteiger partial charge in [0.15, 0.2) is 0 Å². The van der Waals surface area contributed by atoms with Crippen molar-refractivity contribution < 1.29 is 18.7 Å². The van der Waals surface area contributed by atoms with Crippen LogP contribution in [0.3, 0.4) is 0 Å². The molecule has 3 rings (SSSR count). The van der Waals surface area contributed by atoms with Crippen molar-refractivity contribution in [1.29, 1.82) is 0 Å². The maximum atomic E-state index is 14.6. The van der Waals surface area contributed by atoms with Gasteiger partial charge < -0.3 is 9.47 Å². The fourth-order valence-corrected chi connectivity index (χ4v) is 3.96. The number of hydrogen-bond donors (Lipinski definition) is 0. The first-order valence-electron chi connectivity index (χ1n) is 12.9. The molecular formula is C31H37FO3. The average Bonchev–Trinajstić information content (AvgIpc) is 2.88. The topological polar surface area (TPSA) is 35.5 Å². The predicted molar refractivity (Wildman–Crippen MR) is 141 cm³/mol. The molecule has 0 fully saturated rings. The number of ether oxygens (including phenoxy) is 2. The number of rotatable bonds is 14. The van der Waals surface area contributed by atoms with E-state index in [1.807, 2.05) is 36.4 Å². The zero-order valence-electron chi connectivity index (χ0n) is 21.0. The Balaban J connectivity index is 1.53. The Kier molecular flexibility index (Phi) is 10.8. The quantitative estimate of drug-likeness (QED) is 0.132. The minimum atomic E-state index is -0.432. The highest BCUT2D eigenvalue weighted by Gasteiger charge is 2.11. The van der Waals surface area contributed by atoms with E-state index in [9.17, 15) is 9.18 Å². The van der Waals surface area contributed by atoms with Crippen molar-refractivity contribution in [3.05, 3.63) is 83.7 Å². The number of carbonyl (C=O) groups is 1. The summed E-state index contributed by atoms with van der Waals surface area (Å²) in [5.41, 5.74) is 2.86. The molecule has 0 bridgehead atoms. The molecule has 0 heterocycles. The maximum Gasteiger partial charge on any atom is 0.343 e. The highest BCUT2D eigenvalue weighted by Crippen LogP contribution is 2.24. The second-order valence-corrected chi connectivity index (χ2v) is 8.96. The number of halogens is 1. The van der Waals surface area contributed by atoms with E-state index in [1.54, 1.807) is 30.3 Å². The maximum absolute atomic E-state index is 14.6. The lowest BCUT2D eigenvalue weighted by atomic mass is 9.99. The first-order chi connectivity index (χ1) is 17.1. The van der Waals surface area contributed by atoms with Gasteiger partial charge in [0.05, 0.1) is 12.2 Å². The highest BCUT2D eigenvalue weighted by molar-refractivity contribution is 5.91. The van der Waals surface area contributed by atoms with Gasteiger partial charge in [-0.05, 0) is 78.4 Å². The molecule has 186 valence electrons. The fourth-order valence-electron chi connectivity index (χ4n) is 3.96. The molecule has 0 saturated carbocycles. The standard InChI is InChI=1S/C31H37FO3/c1-3-5-7-9-11-25-14-17-27(23-30(25)32)24-12-15-26(16-13-24)31(33)35-29-20-18-28(19-21-29)34-22-10-8-6-4-2/h12-21,23H,3-11,22H2,1-2H3. The van der Waals surface area contributed by atoms with Crippen LogP contribution in [0.2, 0.25) is 0 Å². The number of unbranched alkanes of at least 4 members (excludes halogenated alkanes) is 6. The molecule has 4 heteroatoms. The van der Waals surface area contributed by atoms with Crippen molar-refractivity contribution in [2.45, 2.75) is 71.6 Å². The van der Waals surface area contributed by atoms with Gasteiger partial charge in [-0.3, -0.25) is 0 Å². The Hall–Kier alpha value is -3.14. The molecule has 0 N–H and O–H groups in total. The van der Waals surface area contributed by atoms with Crippen molar-refractivity contribution in [1.82, 2.24) is 0 Å². The Bertz CT molecular complexity index is 1040. The minimum Gasteiger partial charge on any atom is -0.494 e. The summed E-state index contributed by atoms with van der Waals surface area (Å²) in [6, 6.07) is 19.6. The zero-order chi connectivity index (χ0) is 24.9. The SMILES string of the molecule is CCCCCCOc1ccc(OC(=O)c2ccc(-c3ccc(CCCCCC)c(F)c3)cc2)cc1. The first kappa shape index (κ1) is 26.5. The van der Waals surface area contributed by atoms with Crippen molar-refractivity contribution in [3.63, 3.8) is 0 Å². The van der Waals surface area contributed by atoms with Crippen LogP contribution >= 0.6 is 0 Å². The van der Waals surface area contributed by atoms with Crippen LogP contribution in [0.15, 0.2) is 66.7 Å². The summed E-state index contributed by atoms with van der Waals surface area (Å²) in [5, 5.41) is 0. The lowest BCUT2D eigenvalue weighted by Gasteiger charge is -2.09. The summed E-state index contributed by atoms with van der Waals surface area (Å²) < 4.78 is 25.8. The lowest BCUT2D eigenvalue weighted by Crippen LogP contribution is -2.08. The molecule has 0 unspecified atom stereocenters. The molecule has 3 aromatic rings. The van der Waals surface area contributed by atoms with Gasteiger partial charge in [0, 0.05) is 0 Å². The van der Waals surface area contributed by atoms with Crippen molar-refractivity contribution in [2.75, 3.05) is 6.61 Å². The molecular weight excluding hydrogens is 439 g/mol. The average molecular weight is 477 g/mol. The van der Waals surface area contributed by atoms with Gasteiger partial charge in [-0.1, -0.05) is 76.6 Å². The van der Waals surface area contributed by atoms with Crippen LogP contribution < -0.4 is 9.47 Å². The van der Waals surface area contributed by atoms with E-state index in [2.05, 4.69) is 13.8 Å². The third kappa shape index (κ3) is 8.54. The largest absolute Gasteiger partial charge is 0.494 e. The van der Waals surface area contributed by atoms with Crippen LogP contribution in [-0.4, -0.2) is 12.6 Å². The molecule has 3 aromatic carbocycles. The summed E-state index contributed by atoms with van der Waals surface area (Å²) in [6.07, 6.45) is 9.90. The Morgan fingerprint density at radius 3 is 2.00 bits per heavy atom. The molecule has 0 aliphatic heterocycles. The number of esters is 1. The summed E-state index contributed by atoms with van der Waals surface area (Å²) >= 11 is 0. The minimum absolute atomic E-state index is 0.170. The number of aryl methyl sites for hydroxylation is 1. The third-order valence-electron chi connectivity index (χ3n) is 6.11. The van der Waals surface area contributed by atoms with Crippen LogP contribution in [0.25, 0.3) is 11.1 Å². The van der Waals surface area contributed by atoms with E-state index in [0.717, 1.165) is 48.1 Å². The molecule has 3 nitrogen and oxygen atoms in total. The number of benzene rings is 3. The smallest absolute Gasteiger partial charge is 0.343 e. The van der Waals surface area contributed by atoms with Crippen LogP contribution in [0, 0.1) is 5.82 Å². The second-order valence-electron chi connectivity index (χ2n) is 8.96. The Morgan fingerprint density at radius 1 is 0.714 bits per heavy atom. The van der Waals surface area contributed by atoms with Crippen LogP contribution in [-0.2, 0) is 6.42 Å². The van der Waals surface area contributed by atoms with Gasteiger partial charge >= 0.3 is 5.97 Å². The molecule has 0 radical (unpaired) electrons. The number of hydrogen-bond acceptors (Lipinski definition) is 3. The van der Waals surface area contributed by atoms with Gasteiger partial charge in [0.25, 0.3) is 0 Å². The van der Waals surface area contributed by atoms with E-state index >= 15 is 0 Å². The van der Waals surface area contributed by atoms with Gasteiger partial charge in [0.2, 0.25) is 0 Å². The molecule has 0 aliphatic rings. The second kappa shape index (κ2) is 14.3. The lowest BCUT2D eigenvalue weighted by molar-refractivity contribution is 0.0734. The summed E-state index contributed by atoms with van der Waals surface area (Å²) in [4.78, 5) is 12.6. The summed E-state index contributed by atoms with van der Waals surface area (Å²) in [5.74, 6) is 0.633. The van der Waals surface area contributed by atoms with Crippen molar-refractivity contribution >= 4 is 5.97 Å². The van der Waals surface area contributed by atoms with Gasteiger partial charge in [-0.2, -0.15) is 0 Å². The molecule has 35 heavy (non-hydrogen) atoms. The normalized spacial score (nSPS) is 10.8. The van der Waals surface area contributed by atoms with Crippen LogP contribution in [0.4, 0.5) is 4.39 Å². The van der Waals surface area contributed by atoms with E-state index in [1.165, 1.54) is 32.1 Å². The number of carbonyl (C=O) groups excluding carboxylic acids is 1. The van der Waals surface area contributed by atoms with Gasteiger partial charge in [-0.15, -0.1) is 0 Å². The van der Waals surface area contributed by atoms with E-state index in [-0.39, 0.29) is 5.82 Å². The molecule has 0 atom stereocenters. The predicted octanol–water partition coefficient (Wildman–Crippen LogP) is 8.79. The fraction of sp³-hybridized carbons (Fsp3) is 0.387. The zero-order valence-corrected chi connectivity index (χ0v) is 21.0. The van der Waals surface area contributed by atoms with E-state index in [4.69, 9.17) is 9.47 Å². The van der Waals surface area contributed by atoms with Crippen molar-refractivity contribution in [2.24, 2.45) is 0 Å². The van der Waals surface area contributed by atoms with E-state index in [0.29, 0.717) is 17.9 Å². The highest BCUT2D eigenvalue weighted by atomic mass is 19.1. The molecule has 0 aromatic heterocycles. The van der Waals surface area contributed by atoms with E-state index < -0.39 is 5.97 Å². The van der Waals surface area contributed by atoms with Gasteiger partial charge in [-0.25, -0.2) is 9.18 Å². The third-order valence-corrected chi connectivity index (χ3v) is 6.11. The molecule has 0 amide bonds. The summed E-state index contributed by atoms with van der Waals surface area (Å²) in [6.45, 7) is 5.05. The monoisotopic (exact) mass is 476 g/mol. The van der Waals surface area contributed by atoms with Crippen LogP contribution in [0.5, 0.6) is 11.5 Å². The molecule has 0 saturated heterocycles. The summed E-state index contributed by atoms with van der Waals surface area (Å²) in [7, 11) is 0. The molecule has 0 spiro atoms. The molecule has 0 aliphatic carbocycles. The van der Waals surface area contributed by atoms with Gasteiger partial charge in [0.1, 0.15) is 17.3 Å².